The Labute approximate surface area is 789 Å². The molecule has 0 aromatic heterocycles. The Morgan fingerprint density at radius 2 is 0.433 bits per heavy atom. The third kappa shape index (κ3) is 63.0. The summed E-state index contributed by atoms with van der Waals surface area (Å²) in [6, 6.07) is -3.08. The lowest BCUT2D eigenvalue weighted by molar-refractivity contribution is -0.342. The average Bonchev–Trinajstić information content (AvgIpc) is 1.68. The molecule has 4 N–H and O–H groups in total. The van der Waals surface area contributed by atoms with Crippen LogP contribution in [0.5, 0.6) is 0 Å². The van der Waals surface area contributed by atoms with Gasteiger partial charge in [-0.25, -0.2) is 0 Å². The Morgan fingerprint density at radius 3 is 0.612 bits per heavy atom. The van der Waals surface area contributed by atoms with Gasteiger partial charge in [0.05, 0.1) is 168 Å². The molecule has 0 amide bonds. The maximum Gasteiger partial charge on any atom is 0.268 e. The van der Waals surface area contributed by atoms with Gasteiger partial charge in [0.15, 0.2) is 0 Å². The van der Waals surface area contributed by atoms with E-state index in [-0.39, 0.29) is 172 Å². The summed E-state index contributed by atoms with van der Waals surface area (Å²) in [5, 5.41) is 25.7. The van der Waals surface area contributed by atoms with Gasteiger partial charge in [0.1, 0.15) is 39.2 Å². The van der Waals surface area contributed by atoms with E-state index in [0.717, 1.165) is 0 Å². The molecule has 5 saturated heterocycles. The van der Waals surface area contributed by atoms with Crippen molar-refractivity contribution >= 4 is 125 Å². The van der Waals surface area contributed by atoms with Crippen LogP contribution in [0.4, 0.5) is 0 Å². The lowest BCUT2D eigenvalue weighted by Gasteiger charge is -2.34. The second-order valence-electron chi connectivity index (χ2n) is 34.4. The van der Waals surface area contributed by atoms with Gasteiger partial charge in [-0.05, 0) is 117 Å². The Bertz CT molecular complexity index is 3860. The van der Waals surface area contributed by atoms with E-state index in [4.69, 9.17) is 119 Å². The van der Waals surface area contributed by atoms with Crippen molar-refractivity contribution in [1.29, 1.82) is 0 Å². The van der Waals surface area contributed by atoms with Gasteiger partial charge in [0, 0.05) is 49.8 Å². The number of rotatable bonds is 59. The molecule has 25 unspecified atom stereocenters. The van der Waals surface area contributed by atoms with Crippen molar-refractivity contribution in [1.82, 2.24) is 0 Å². The van der Waals surface area contributed by atoms with Crippen LogP contribution in [0.1, 0.15) is 187 Å². The third-order valence-electron chi connectivity index (χ3n) is 17.4. The van der Waals surface area contributed by atoms with Crippen LogP contribution in [-0.4, -0.2) is 269 Å². The standard InChI is InChI=1S/C17H36BO14P3.C14H30BO13P3.C14H29BO10P2.C11H23BO9P2.C10H20BO6P/c1-17(2,3)16-14(13-15(18)31-16)32-35(24,25)30-12-6-11-29-34(22,23)28-10-5-9-27-33(20,21)26-8-4-7-19;1-14(2,3)13-11(10-12(15)27-13)28-31(21,22)26-9-5-8-25-30(19,20)24-7-4-6-23-29(16,17)18;1-14(2,3)13-11(10-12(15)24-13)25-27(19,20)23-9-5-8-22-26(17,18)21-7-4-6-16;1-11(2,3)10-8(7-9(12)20-10)21-23(16,17)19-6-4-5-18-22(13,14)15;1-7(2)10-8(6-9(11)16-10)17-18(13,14)15-5-3-4-12/h14-16,19H,4-13H2,1-3H3,(H,20,21)(H,22,23)(H,24,25);11-13H,4-10H2,1-3H3,(H,19,20)(H,21,22)(H2,16,17,18);11-13,16H,4-10H2,1-3H3,(H,17,18)(H,19,20);8-10H,4-7H2,1-3H3,(H,16,17)(H2,13,14,15);7-10,12H,3-6H2,1-2H3,(H,13,14)/p-12. The van der Waals surface area contributed by atoms with Crippen molar-refractivity contribution < 1.29 is 243 Å². The summed E-state index contributed by atoms with van der Waals surface area (Å²) in [5.41, 5.74) is -1.59. The van der Waals surface area contributed by atoms with Crippen molar-refractivity contribution in [3.63, 3.8) is 0 Å². The number of aliphatic hydroxyl groups excluding tert-OH is 3. The van der Waals surface area contributed by atoms with E-state index in [9.17, 15) is 109 Å². The van der Waals surface area contributed by atoms with Gasteiger partial charge in [0.2, 0.25) is 0 Å². The quantitative estimate of drug-likeness (QED) is 0.0363. The number of hydrogen-bond donors (Lipinski definition) is 4. The molecule has 0 aromatic rings. The highest BCUT2D eigenvalue weighted by molar-refractivity contribution is 7.48. The molecule has 5 fully saturated rings. The predicted octanol–water partition coefficient (Wildman–Crippen LogP) is 0.358. The zero-order chi connectivity index (χ0) is 103. The molecular weight excluding hydrogens is 2020 g/mol. The van der Waals surface area contributed by atoms with Crippen LogP contribution in [-0.2, 0) is 164 Å². The summed E-state index contributed by atoms with van der Waals surface area (Å²) in [4.78, 5) is 145. The predicted molar refractivity (Wildman–Crippen MR) is 450 cm³/mol. The van der Waals surface area contributed by atoms with Crippen molar-refractivity contribution in [2.45, 2.75) is 278 Å². The largest absolute Gasteiger partial charge is 0.790 e. The molecule has 5 heterocycles. The van der Waals surface area contributed by atoms with E-state index in [1.807, 2.05) is 96.9 Å². The number of phosphoric ester groups is 11. The van der Waals surface area contributed by atoms with Gasteiger partial charge >= 0.3 is 0 Å². The van der Waals surface area contributed by atoms with Crippen LogP contribution >= 0.6 is 86.0 Å². The number of hydrogen-bond acceptors (Lipinski definition) is 51. The van der Waals surface area contributed by atoms with Crippen LogP contribution in [0.15, 0.2) is 0 Å². The molecule has 784 valence electrons. The maximum absolute atomic E-state index is 12.1. The molecule has 0 saturated carbocycles. The monoisotopic (exact) mass is 2150 g/mol. The van der Waals surface area contributed by atoms with Crippen LogP contribution in [0.2, 0.25) is 0 Å². The SMILES string of the molecule is [B]C1CC(OP(=O)([O-])OCCCO)C(C(C)C)O1.[B]C1CC(OP(=O)([O-])OCCCOP(=O)([O-])O)C(C(C)(C)C)O1.[B]C1CC(OP(=O)([O-])OCCCOP(=O)([O-])OCCCO)C(C(C)(C)C)O1.[B]C1CC(OP(=O)([O-])OCCCOP(=O)([O-])OCCCOP(=O)([O-])OCCCO)C(C(C)(C)C)O1.[B]C1CC(OP(=O)([O-])OCCCOP(=O)([O-])OCCCOP(=O)([O-])[O-])C(C(C)(C)C)O1. The van der Waals surface area contributed by atoms with Crippen LogP contribution in [0.3, 0.4) is 0 Å². The highest BCUT2D eigenvalue weighted by Crippen LogP contribution is 2.53. The minimum atomic E-state index is -5.13. The zero-order valence-corrected chi connectivity index (χ0v) is 86.9. The lowest BCUT2D eigenvalue weighted by atomic mass is 9.85. The Balaban J connectivity index is 0.000000850. The van der Waals surface area contributed by atoms with Crippen LogP contribution in [0, 0.1) is 27.6 Å². The smallest absolute Gasteiger partial charge is 0.268 e. The number of ether oxygens (including phenoxy) is 5. The molecule has 5 rings (SSSR count). The van der Waals surface area contributed by atoms with Crippen molar-refractivity contribution in [3.8, 4) is 0 Å². The first-order chi connectivity index (χ1) is 61.1. The molecule has 134 heavy (non-hydrogen) atoms. The molecule has 68 heteroatoms. The molecule has 25 atom stereocenters. The second-order valence-corrected chi connectivity index (χ2v) is 49.2. The van der Waals surface area contributed by atoms with Gasteiger partial charge in [-0.2, -0.15) is 0 Å². The fourth-order valence-corrected chi connectivity index (χ4v) is 20.5. The van der Waals surface area contributed by atoms with Crippen LogP contribution < -0.4 is 58.7 Å². The molecule has 0 aromatic carbocycles. The topological polar surface area (TPSA) is 776 Å². The van der Waals surface area contributed by atoms with Crippen molar-refractivity contribution in [3.05, 3.63) is 0 Å². The summed E-state index contributed by atoms with van der Waals surface area (Å²) in [7, 11) is -22.9. The van der Waals surface area contributed by atoms with Gasteiger partial charge < -0.3 is 198 Å². The van der Waals surface area contributed by atoms with E-state index in [1.54, 1.807) is 0 Å². The van der Waals surface area contributed by atoms with Crippen molar-refractivity contribution in [2.75, 3.05) is 119 Å². The van der Waals surface area contributed by atoms with E-state index in [0.29, 0.717) is 6.42 Å². The highest BCUT2D eigenvalue weighted by atomic mass is 31.2. The van der Waals surface area contributed by atoms with Gasteiger partial charge in [-0.1, -0.05) is 96.9 Å². The minimum absolute atomic E-state index is 0.0193. The molecule has 0 spiro atoms. The van der Waals surface area contributed by atoms with Gasteiger partial charge in [0.25, 0.3) is 78.2 Å². The molecule has 52 nitrogen and oxygen atoms in total. The van der Waals surface area contributed by atoms with Gasteiger partial charge in [-0.15, -0.1) is 0 Å². The first-order valence-corrected chi connectivity index (χ1v) is 58.0. The maximum atomic E-state index is 12.1. The first kappa shape index (κ1) is 133. The third-order valence-corrected chi connectivity index (χ3v) is 27.6. The summed E-state index contributed by atoms with van der Waals surface area (Å²) in [5.74, 6) is 0.0981. The van der Waals surface area contributed by atoms with E-state index >= 15 is 0 Å². The fraction of sp³-hybridized carbons (Fsp3) is 1.00. The lowest BCUT2D eigenvalue weighted by Crippen LogP contribution is -2.37. The van der Waals surface area contributed by atoms with E-state index < -0.39 is 235 Å². The summed E-state index contributed by atoms with van der Waals surface area (Å²) in [6.07, 6.45) is -5.26. The average molecular weight is 2150 g/mol. The van der Waals surface area contributed by atoms with Crippen LogP contribution in [0.25, 0.3) is 0 Å². The Kier molecular flexibility index (Phi) is 61.5. The minimum Gasteiger partial charge on any atom is -0.790 e. The molecule has 10 radical (unpaired) electrons. The summed E-state index contributed by atoms with van der Waals surface area (Å²) in [6.45, 7) is 20.2. The highest BCUT2D eigenvalue weighted by Gasteiger charge is 2.47. The van der Waals surface area contributed by atoms with E-state index in [1.165, 1.54) is 0 Å². The fourth-order valence-electron chi connectivity index (χ4n) is 11.9. The number of aliphatic hydroxyl groups is 3. The first-order valence-electron chi connectivity index (χ1n) is 41.9. The molecule has 0 bridgehead atoms. The normalized spacial score (nSPS) is 28.2. The van der Waals surface area contributed by atoms with Gasteiger partial charge in [-0.3, -0.25) is 45.7 Å². The summed E-state index contributed by atoms with van der Waals surface area (Å²) < 4.78 is 246. The molecular formula is C66H126B5O52P11-12. The number of phosphoric acid groups is 11. The molecule has 5 aliphatic heterocycles. The Morgan fingerprint density at radius 1 is 0.269 bits per heavy atom. The molecule has 0 aliphatic carbocycles. The second kappa shape index (κ2) is 61.9. The van der Waals surface area contributed by atoms with E-state index in [2.05, 4.69) is 54.3 Å². The molecule has 5 aliphatic rings. The Hall–Kier alpha value is 1.21. The van der Waals surface area contributed by atoms with Crippen molar-refractivity contribution in [2.24, 2.45) is 27.6 Å². The summed E-state index contributed by atoms with van der Waals surface area (Å²) >= 11 is 0. The zero-order valence-electron chi connectivity index (χ0n) is 77.1.